The number of ether oxygens (including phenoxy) is 2. The maximum Gasteiger partial charge on any atom is 0.306 e. The van der Waals surface area contributed by atoms with Gasteiger partial charge in [0.1, 0.15) is 19.8 Å². The number of likely N-dealkylation sites (N-methyl/N-ethyl adjacent to an activating group) is 1. The van der Waals surface area contributed by atoms with Crippen molar-refractivity contribution in [2.45, 2.75) is 251 Å². The summed E-state index contributed by atoms with van der Waals surface area (Å²) in [6, 6.07) is 0. The zero-order valence-corrected chi connectivity index (χ0v) is 41.1. The van der Waals surface area contributed by atoms with Gasteiger partial charge >= 0.3 is 11.9 Å². The van der Waals surface area contributed by atoms with Gasteiger partial charge in [-0.2, -0.15) is 0 Å². The van der Waals surface area contributed by atoms with Gasteiger partial charge in [-0.3, -0.25) is 14.2 Å². The van der Waals surface area contributed by atoms with Crippen LogP contribution >= 0.6 is 7.82 Å². The minimum atomic E-state index is -4.62. The summed E-state index contributed by atoms with van der Waals surface area (Å²) in [6.07, 6.45) is 46.7. The molecule has 0 amide bonds. The summed E-state index contributed by atoms with van der Waals surface area (Å²) in [5, 5.41) is 0. The van der Waals surface area contributed by atoms with E-state index in [1.807, 2.05) is 21.1 Å². The second kappa shape index (κ2) is 43.0. The van der Waals surface area contributed by atoms with Gasteiger partial charge in [0, 0.05) is 12.8 Å². The molecule has 0 N–H and O–H groups in total. The zero-order valence-electron chi connectivity index (χ0n) is 40.2. The number of phosphoric ester groups is 1. The molecule has 0 heterocycles. The predicted octanol–water partition coefficient (Wildman–Crippen LogP) is 14.3. The fourth-order valence-corrected chi connectivity index (χ4v) is 8.01. The van der Waals surface area contributed by atoms with Crippen LogP contribution in [0.2, 0.25) is 0 Å². The van der Waals surface area contributed by atoms with Crippen molar-refractivity contribution in [2.24, 2.45) is 0 Å². The topological polar surface area (TPSA) is 111 Å². The van der Waals surface area contributed by atoms with Crippen LogP contribution in [0, 0.1) is 0 Å². The van der Waals surface area contributed by atoms with Gasteiger partial charge in [-0.05, 0) is 32.1 Å². The van der Waals surface area contributed by atoms with Gasteiger partial charge in [-0.25, -0.2) is 0 Å². The van der Waals surface area contributed by atoms with Gasteiger partial charge in [0.15, 0.2) is 6.10 Å². The van der Waals surface area contributed by atoms with Crippen LogP contribution in [0.15, 0.2) is 12.2 Å². The molecule has 60 heavy (non-hydrogen) atoms. The van der Waals surface area contributed by atoms with Crippen LogP contribution in [0.5, 0.6) is 0 Å². The molecule has 0 fully saturated rings. The van der Waals surface area contributed by atoms with Gasteiger partial charge in [0.25, 0.3) is 7.82 Å². The monoisotopic (exact) mass is 872 g/mol. The van der Waals surface area contributed by atoms with E-state index < -0.39 is 26.5 Å². The average molecular weight is 872 g/mol. The Kier molecular flexibility index (Phi) is 42.1. The summed E-state index contributed by atoms with van der Waals surface area (Å²) in [7, 11) is 1.18. The number of esters is 2. The number of carbonyl (C=O) groups is 2. The first-order valence-corrected chi connectivity index (χ1v) is 26.9. The highest BCUT2D eigenvalue weighted by Gasteiger charge is 2.21. The number of carbonyl (C=O) groups excluding carboxylic acids is 2. The van der Waals surface area contributed by atoms with Crippen molar-refractivity contribution < 1.29 is 42.1 Å². The normalized spacial score (nSPS) is 13.5. The molecule has 0 saturated carbocycles. The third-order valence-electron chi connectivity index (χ3n) is 11.3. The second-order valence-corrected chi connectivity index (χ2v) is 20.0. The molecular weight excluding hydrogens is 774 g/mol. The number of nitrogens with zero attached hydrogens (tertiary/aromatic N) is 1. The minimum absolute atomic E-state index is 0.0278. The van der Waals surface area contributed by atoms with Crippen LogP contribution in [0.25, 0.3) is 0 Å². The van der Waals surface area contributed by atoms with Crippen molar-refractivity contribution >= 4 is 19.8 Å². The van der Waals surface area contributed by atoms with Crippen LogP contribution in [0.4, 0.5) is 0 Å². The smallest absolute Gasteiger partial charge is 0.306 e. The summed E-state index contributed by atoms with van der Waals surface area (Å²) in [5.41, 5.74) is 0. The van der Waals surface area contributed by atoms with Crippen molar-refractivity contribution in [1.82, 2.24) is 0 Å². The number of phosphoric acid groups is 1. The van der Waals surface area contributed by atoms with Crippen LogP contribution in [0.1, 0.15) is 245 Å². The molecular formula is C50H98NO8P. The number of hydrogen-bond donors (Lipinski definition) is 0. The molecule has 0 rings (SSSR count). The molecule has 356 valence electrons. The lowest BCUT2D eigenvalue weighted by Crippen LogP contribution is -2.37. The van der Waals surface area contributed by atoms with Crippen LogP contribution in [0.3, 0.4) is 0 Å². The van der Waals surface area contributed by atoms with E-state index in [0.29, 0.717) is 17.4 Å². The Labute approximate surface area is 371 Å². The van der Waals surface area contributed by atoms with Gasteiger partial charge in [-0.1, -0.05) is 212 Å². The Hall–Kier alpha value is -1.25. The van der Waals surface area contributed by atoms with Gasteiger partial charge in [-0.15, -0.1) is 0 Å². The van der Waals surface area contributed by atoms with Gasteiger partial charge in [0.2, 0.25) is 0 Å². The summed E-state index contributed by atoms with van der Waals surface area (Å²) in [4.78, 5) is 37.7. The van der Waals surface area contributed by atoms with E-state index in [9.17, 15) is 19.0 Å². The second-order valence-electron chi connectivity index (χ2n) is 18.5. The third-order valence-corrected chi connectivity index (χ3v) is 12.2. The number of hydrogen-bond acceptors (Lipinski definition) is 8. The highest BCUT2D eigenvalue weighted by atomic mass is 31.2. The molecule has 0 aliphatic heterocycles. The first-order valence-electron chi connectivity index (χ1n) is 25.4. The lowest BCUT2D eigenvalue weighted by atomic mass is 10.0. The SMILES string of the molecule is CCCC/C=C/CCCCCCCCCCCC(=O)O[C@@H](COC(=O)CCCCCCCCCCCCCCCCCCCCCCC)COP(=O)([O-])OCC[N+](C)(C)C. The fraction of sp³-hybridized carbons (Fsp3) is 0.920. The average Bonchev–Trinajstić information content (AvgIpc) is 3.20. The van der Waals surface area contributed by atoms with E-state index >= 15 is 0 Å². The molecule has 0 aromatic heterocycles. The summed E-state index contributed by atoms with van der Waals surface area (Å²) < 4.78 is 34.0. The van der Waals surface area contributed by atoms with Crippen LogP contribution < -0.4 is 4.89 Å². The van der Waals surface area contributed by atoms with E-state index in [2.05, 4.69) is 26.0 Å². The highest BCUT2D eigenvalue weighted by molar-refractivity contribution is 7.45. The third kappa shape index (κ3) is 46.3. The van der Waals surface area contributed by atoms with E-state index in [1.54, 1.807) is 0 Å². The van der Waals surface area contributed by atoms with Crippen molar-refractivity contribution in [3.63, 3.8) is 0 Å². The maximum atomic E-state index is 12.7. The Morgan fingerprint density at radius 1 is 0.500 bits per heavy atom. The van der Waals surface area contributed by atoms with E-state index in [1.165, 1.54) is 173 Å². The van der Waals surface area contributed by atoms with Crippen molar-refractivity contribution in [1.29, 1.82) is 0 Å². The lowest BCUT2D eigenvalue weighted by molar-refractivity contribution is -0.870. The molecule has 0 saturated heterocycles. The molecule has 10 heteroatoms. The van der Waals surface area contributed by atoms with E-state index in [4.69, 9.17) is 18.5 Å². The lowest BCUT2D eigenvalue weighted by Gasteiger charge is -2.28. The number of allylic oxidation sites excluding steroid dienone is 2. The quantitative estimate of drug-likeness (QED) is 0.0195. The Morgan fingerprint density at radius 2 is 0.867 bits per heavy atom. The highest BCUT2D eigenvalue weighted by Crippen LogP contribution is 2.38. The number of quaternary nitrogens is 1. The molecule has 0 aliphatic carbocycles. The van der Waals surface area contributed by atoms with Gasteiger partial charge in [0.05, 0.1) is 27.7 Å². The summed E-state index contributed by atoms with van der Waals surface area (Å²) in [5.74, 6) is -0.822. The van der Waals surface area contributed by atoms with Crippen LogP contribution in [-0.2, 0) is 32.7 Å². The fourth-order valence-electron chi connectivity index (χ4n) is 7.29. The van der Waals surface area contributed by atoms with E-state index in [-0.39, 0.29) is 32.0 Å². The van der Waals surface area contributed by atoms with Gasteiger partial charge < -0.3 is 27.9 Å². The Morgan fingerprint density at radius 3 is 1.28 bits per heavy atom. The largest absolute Gasteiger partial charge is 0.756 e. The Bertz CT molecular complexity index is 1030. The first-order chi connectivity index (χ1) is 29.0. The first kappa shape index (κ1) is 58.8. The summed E-state index contributed by atoms with van der Waals surface area (Å²) in [6.45, 7) is 4.24. The molecule has 1 unspecified atom stereocenters. The van der Waals surface area contributed by atoms with Crippen molar-refractivity contribution in [3.8, 4) is 0 Å². The summed E-state index contributed by atoms with van der Waals surface area (Å²) >= 11 is 0. The predicted molar refractivity (Wildman–Crippen MR) is 250 cm³/mol. The standard InChI is InChI=1S/C50H98NO8P/c1-6-8-10-12-14-16-18-20-22-23-24-25-26-27-29-30-32-34-36-38-40-42-49(52)56-46-48(47-58-60(54,55)57-45-44-51(3,4)5)59-50(53)43-41-39-37-35-33-31-28-21-19-17-15-13-11-9-7-2/h13,15,48H,6-12,14,16-47H2,1-5H3/b15-13+/t48-/m0/s1. The number of rotatable bonds is 47. The van der Waals surface area contributed by atoms with Crippen LogP contribution in [-0.4, -0.2) is 70.0 Å². The Balaban J connectivity index is 4.19. The molecule has 0 spiro atoms. The number of unbranched alkanes of at least 4 members (excludes halogenated alkanes) is 31. The molecule has 0 bridgehead atoms. The molecule has 2 atom stereocenters. The molecule has 9 nitrogen and oxygen atoms in total. The molecule has 0 radical (unpaired) electrons. The zero-order chi connectivity index (χ0) is 44.3. The molecule has 0 aliphatic rings. The minimum Gasteiger partial charge on any atom is -0.756 e. The maximum absolute atomic E-state index is 12.7. The van der Waals surface area contributed by atoms with Crippen molar-refractivity contribution in [3.05, 3.63) is 12.2 Å². The van der Waals surface area contributed by atoms with E-state index in [0.717, 1.165) is 38.5 Å². The molecule has 0 aromatic carbocycles. The van der Waals surface area contributed by atoms with Crippen molar-refractivity contribution in [2.75, 3.05) is 47.5 Å². The molecule has 0 aromatic rings.